The fourth-order valence-corrected chi connectivity index (χ4v) is 5.03. The van der Waals surface area contributed by atoms with Gasteiger partial charge < -0.3 is 4.90 Å². The van der Waals surface area contributed by atoms with E-state index in [-0.39, 0.29) is 0 Å². The molecule has 0 amide bonds. The lowest BCUT2D eigenvalue weighted by atomic mass is 9.84. The summed E-state index contributed by atoms with van der Waals surface area (Å²) >= 11 is 0. The van der Waals surface area contributed by atoms with Gasteiger partial charge in [-0.1, -0.05) is 92.4 Å². The quantitative estimate of drug-likeness (QED) is 0.251. The molecule has 0 aliphatic heterocycles. The van der Waals surface area contributed by atoms with E-state index in [0.717, 1.165) is 43.5 Å². The zero-order valence-corrected chi connectivity index (χ0v) is 20.6. The second kappa shape index (κ2) is 10.6. The van der Waals surface area contributed by atoms with Crippen molar-refractivity contribution < 1.29 is 0 Å². The fraction of sp³-hybridized carbons (Fsp3) is 0.176. The van der Waals surface area contributed by atoms with Crippen LogP contribution in [0, 0.1) is 0 Å². The van der Waals surface area contributed by atoms with Gasteiger partial charge in [-0.2, -0.15) is 0 Å². The molecule has 0 saturated heterocycles. The summed E-state index contributed by atoms with van der Waals surface area (Å²) in [4.78, 5) is 2.33. The minimum Gasteiger partial charge on any atom is -0.311 e. The fourth-order valence-electron chi connectivity index (χ4n) is 5.03. The van der Waals surface area contributed by atoms with Gasteiger partial charge in [0.2, 0.25) is 0 Å². The van der Waals surface area contributed by atoms with E-state index >= 15 is 0 Å². The third-order valence-electron chi connectivity index (χ3n) is 6.85. The highest BCUT2D eigenvalue weighted by atomic mass is 15.1. The van der Waals surface area contributed by atoms with Crippen LogP contribution in [0.1, 0.15) is 48.4 Å². The number of nitrogens with zero attached hydrogens (tertiary/aromatic N) is 1. The summed E-state index contributed by atoms with van der Waals surface area (Å²) in [6, 6.07) is 24.8. The average Bonchev–Trinajstić information content (AvgIpc) is 2.91. The molecule has 0 saturated carbocycles. The summed E-state index contributed by atoms with van der Waals surface area (Å²) in [6.45, 7) is 6.12. The molecule has 5 rings (SSSR count). The van der Waals surface area contributed by atoms with Crippen molar-refractivity contribution in [3.8, 4) is 11.1 Å². The van der Waals surface area contributed by atoms with Gasteiger partial charge in [-0.25, -0.2) is 0 Å². The van der Waals surface area contributed by atoms with Crippen LogP contribution in [0.15, 0.2) is 127 Å². The topological polar surface area (TPSA) is 3.24 Å². The summed E-state index contributed by atoms with van der Waals surface area (Å²) in [6.07, 6.45) is 20.4. The summed E-state index contributed by atoms with van der Waals surface area (Å²) < 4.78 is 0. The molecule has 0 aromatic heterocycles. The van der Waals surface area contributed by atoms with Crippen molar-refractivity contribution in [3.63, 3.8) is 0 Å². The molecule has 3 aromatic carbocycles. The molecule has 2 aliphatic carbocycles. The zero-order valence-electron chi connectivity index (χ0n) is 20.6. The Hall–Kier alpha value is -3.84. The highest BCUT2D eigenvalue weighted by Gasteiger charge is 2.17. The van der Waals surface area contributed by atoms with Crippen LogP contribution in [0.25, 0.3) is 11.1 Å². The van der Waals surface area contributed by atoms with Gasteiger partial charge in [0.1, 0.15) is 0 Å². The number of hydrogen-bond donors (Lipinski definition) is 0. The van der Waals surface area contributed by atoms with Crippen LogP contribution in [0.3, 0.4) is 0 Å². The molecule has 0 bridgehead atoms. The van der Waals surface area contributed by atoms with Gasteiger partial charge >= 0.3 is 0 Å². The van der Waals surface area contributed by atoms with Crippen LogP contribution >= 0.6 is 0 Å². The molecular formula is C34H33N. The number of benzene rings is 3. The van der Waals surface area contributed by atoms with Gasteiger partial charge in [0, 0.05) is 17.1 Å². The zero-order chi connectivity index (χ0) is 24.0. The molecule has 1 heteroatoms. The van der Waals surface area contributed by atoms with Crippen molar-refractivity contribution in [1.82, 2.24) is 0 Å². The average molecular weight is 456 g/mol. The molecule has 1 nitrogen and oxygen atoms in total. The smallest absolute Gasteiger partial charge is 0.0461 e. The standard InChI is InChI=1S/C34H33N/c1-3-5-14-32(11-4-2)35(33-15-7-6-8-16-33)34-21-19-26(20-22-34)29-17-18-30-23-27-12-9-10-13-28(27)24-31(30)25-29/h4-5,7,9-22,25H,2-3,6,8,23-24H2,1H3/b14-5-,32-11+. The molecule has 0 fully saturated rings. The minimum atomic E-state index is 0.999. The molecule has 174 valence electrons. The van der Waals surface area contributed by atoms with E-state index in [9.17, 15) is 0 Å². The highest BCUT2D eigenvalue weighted by molar-refractivity contribution is 5.71. The lowest BCUT2D eigenvalue weighted by Gasteiger charge is -2.28. The first-order chi connectivity index (χ1) is 17.3. The van der Waals surface area contributed by atoms with Crippen molar-refractivity contribution in [1.29, 1.82) is 0 Å². The maximum absolute atomic E-state index is 3.96. The second-order valence-electron chi connectivity index (χ2n) is 9.23. The number of rotatable bonds is 7. The molecule has 2 aliphatic rings. The van der Waals surface area contributed by atoms with Gasteiger partial charge in [-0.3, -0.25) is 0 Å². The van der Waals surface area contributed by atoms with Gasteiger partial charge in [-0.15, -0.1) is 0 Å². The number of anilines is 1. The Morgan fingerprint density at radius 2 is 1.57 bits per heavy atom. The van der Waals surface area contributed by atoms with Gasteiger partial charge in [0.25, 0.3) is 0 Å². The number of fused-ring (bicyclic) bond motifs is 2. The first-order valence-corrected chi connectivity index (χ1v) is 12.7. The molecule has 3 aromatic rings. The maximum Gasteiger partial charge on any atom is 0.0461 e. The Labute approximate surface area is 210 Å². The third-order valence-corrected chi connectivity index (χ3v) is 6.85. The largest absolute Gasteiger partial charge is 0.311 e. The van der Waals surface area contributed by atoms with E-state index in [0.29, 0.717) is 0 Å². The van der Waals surface area contributed by atoms with E-state index in [1.807, 2.05) is 6.08 Å². The van der Waals surface area contributed by atoms with E-state index in [4.69, 9.17) is 0 Å². The maximum atomic E-state index is 3.96. The summed E-state index contributed by atoms with van der Waals surface area (Å²) in [5.41, 5.74) is 11.9. The Kier molecular flexibility index (Phi) is 6.95. The van der Waals surface area contributed by atoms with E-state index < -0.39 is 0 Å². The highest BCUT2D eigenvalue weighted by Crippen LogP contribution is 2.33. The second-order valence-corrected chi connectivity index (χ2v) is 9.23. The summed E-state index contributed by atoms with van der Waals surface area (Å²) in [7, 11) is 0. The number of allylic oxidation sites excluding steroid dienone is 7. The Balaban J connectivity index is 1.46. The van der Waals surface area contributed by atoms with Crippen LogP contribution < -0.4 is 4.90 Å². The van der Waals surface area contributed by atoms with Gasteiger partial charge in [-0.05, 0) is 95.8 Å². The van der Waals surface area contributed by atoms with Gasteiger partial charge in [0.05, 0.1) is 0 Å². The third kappa shape index (κ3) is 5.00. The van der Waals surface area contributed by atoms with Crippen LogP contribution in [-0.4, -0.2) is 0 Å². The van der Waals surface area contributed by atoms with Crippen molar-refractivity contribution in [3.05, 3.63) is 149 Å². The van der Waals surface area contributed by atoms with Crippen LogP contribution in [0.2, 0.25) is 0 Å². The SMILES string of the molecule is C=C/C=C(\C=C/CC)N(C1=CCCC=C1)c1ccc(-c2ccc3c(c2)Cc2ccccc2C3)cc1. The van der Waals surface area contributed by atoms with Gasteiger partial charge in [0.15, 0.2) is 0 Å². The van der Waals surface area contributed by atoms with Crippen molar-refractivity contribution >= 4 is 5.69 Å². The predicted molar refractivity (Wildman–Crippen MR) is 151 cm³/mol. The van der Waals surface area contributed by atoms with Crippen LogP contribution in [-0.2, 0) is 12.8 Å². The van der Waals surface area contributed by atoms with E-state index in [1.165, 1.54) is 39.1 Å². The van der Waals surface area contributed by atoms with E-state index in [1.54, 1.807) is 0 Å². The predicted octanol–water partition coefficient (Wildman–Crippen LogP) is 8.93. The molecule has 35 heavy (non-hydrogen) atoms. The van der Waals surface area contributed by atoms with Crippen molar-refractivity contribution in [2.75, 3.05) is 4.90 Å². The number of hydrogen-bond acceptors (Lipinski definition) is 1. The first kappa shape index (κ1) is 22.9. The molecule has 0 heterocycles. The Morgan fingerprint density at radius 1 is 0.857 bits per heavy atom. The summed E-state index contributed by atoms with van der Waals surface area (Å²) in [5.74, 6) is 0. The van der Waals surface area contributed by atoms with Crippen LogP contribution in [0.4, 0.5) is 5.69 Å². The minimum absolute atomic E-state index is 0.999. The lowest BCUT2D eigenvalue weighted by molar-refractivity contribution is 0.986. The Morgan fingerprint density at radius 3 is 2.26 bits per heavy atom. The monoisotopic (exact) mass is 455 g/mol. The molecule has 0 unspecified atom stereocenters. The molecule has 0 atom stereocenters. The molecule has 0 N–H and O–H groups in total. The first-order valence-electron chi connectivity index (χ1n) is 12.7. The van der Waals surface area contributed by atoms with Crippen LogP contribution in [0.5, 0.6) is 0 Å². The van der Waals surface area contributed by atoms with E-state index in [2.05, 4.69) is 122 Å². The summed E-state index contributed by atoms with van der Waals surface area (Å²) in [5, 5.41) is 0. The normalized spacial score (nSPS) is 14.9. The molecule has 0 radical (unpaired) electrons. The molecular weight excluding hydrogens is 422 g/mol. The van der Waals surface area contributed by atoms with Crippen molar-refractivity contribution in [2.45, 2.75) is 39.0 Å². The molecule has 0 spiro atoms. The lowest BCUT2D eigenvalue weighted by Crippen LogP contribution is -2.20. The Bertz CT molecular complexity index is 1330. The van der Waals surface area contributed by atoms with Crippen molar-refractivity contribution in [2.24, 2.45) is 0 Å².